The second kappa shape index (κ2) is 4.70. The first-order valence-electron chi connectivity index (χ1n) is 5.98. The van der Waals surface area contributed by atoms with Crippen molar-refractivity contribution in [2.45, 2.75) is 25.7 Å². The van der Waals surface area contributed by atoms with Crippen molar-refractivity contribution < 1.29 is 0 Å². The molecule has 0 fully saturated rings. The smallest absolute Gasteiger partial charge is 0.139 e. The minimum atomic E-state index is 0.726. The van der Waals surface area contributed by atoms with Gasteiger partial charge in [0.2, 0.25) is 0 Å². The van der Waals surface area contributed by atoms with E-state index in [0.29, 0.717) is 0 Å². The molecular formula is C13H13Br2N3. The molecule has 0 bridgehead atoms. The summed E-state index contributed by atoms with van der Waals surface area (Å²) in [6.45, 7) is 0. The van der Waals surface area contributed by atoms with Gasteiger partial charge in [0, 0.05) is 20.2 Å². The lowest BCUT2D eigenvalue weighted by Crippen LogP contribution is -2.00. The first-order valence-corrected chi connectivity index (χ1v) is 7.56. The monoisotopic (exact) mass is 369 g/mol. The maximum Gasteiger partial charge on any atom is 0.139 e. The molecule has 1 aliphatic carbocycles. The molecular weight excluding hydrogens is 358 g/mol. The van der Waals surface area contributed by atoms with Gasteiger partial charge < -0.3 is 10.7 Å². The van der Waals surface area contributed by atoms with Gasteiger partial charge in [-0.2, -0.15) is 0 Å². The summed E-state index contributed by atoms with van der Waals surface area (Å²) < 4.78 is 1.88. The number of fused-ring (bicyclic) bond motifs is 1. The zero-order chi connectivity index (χ0) is 12.7. The van der Waals surface area contributed by atoms with Crippen molar-refractivity contribution in [3.8, 4) is 11.4 Å². The molecule has 94 valence electrons. The van der Waals surface area contributed by atoms with Gasteiger partial charge in [0.1, 0.15) is 5.82 Å². The van der Waals surface area contributed by atoms with Crippen molar-refractivity contribution in [3.05, 3.63) is 32.5 Å². The van der Waals surface area contributed by atoms with Crippen LogP contribution >= 0.6 is 31.9 Å². The molecule has 1 aromatic heterocycles. The van der Waals surface area contributed by atoms with Crippen molar-refractivity contribution in [3.63, 3.8) is 0 Å². The molecule has 0 spiro atoms. The van der Waals surface area contributed by atoms with Crippen LogP contribution < -0.4 is 5.73 Å². The Labute approximate surface area is 122 Å². The van der Waals surface area contributed by atoms with Crippen LogP contribution in [-0.2, 0) is 12.8 Å². The highest BCUT2D eigenvalue weighted by Crippen LogP contribution is 2.35. The molecule has 1 heterocycles. The average Bonchev–Trinajstić information content (AvgIpc) is 2.77. The molecule has 3 rings (SSSR count). The Morgan fingerprint density at radius 2 is 1.94 bits per heavy atom. The third-order valence-electron chi connectivity index (χ3n) is 3.30. The lowest BCUT2D eigenvalue weighted by Gasteiger charge is -2.07. The van der Waals surface area contributed by atoms with Gasteiger partial charge in [-0.25, -0.2) is 4.98 Å². The van der Waals surface area contributed by atoms with Crippen LogP contribution in [0.4, 0.5) is 5.69 Å². The van der Waals surface area contributed by atoms with E-state index in [9.17, 15) is 0 Å². The second-order valence-electron chi connectivity index (χ2n) is 4.57. The van der Waals surface area contributed by atoms with E-state index in [2.05, 4.69) is 41.8 Å². The summed E-state index contributed by atoms with van der Waals surface area (Å²) in [6, 6.07) is 3.95. The average molecular weight is 371 g/mol. The van der Waals surface area contributed by atoms with Crippen LogP contribution in [0.15, 0.2) is 21.1 Å². The van der Waals surface area contributed by atoms with Crippen LogP contribution in [0, 0.1) is 0 Å². The molecule has 5 heteroatoms. The lowest BCUT2D eigenvalue weighted by atomic mass is 10.0. The third kappa shape index (κ3) is 2.10. The lowest BCUT2D eigenvalue weighted by molar-refractivity contribution is 0.667. The van der Waals surface area contributed by atoms with Crippen molar-refractivity contribution in [2.75, 3.05) is 5.73 Å². The minimum absolute atomic E-state index is 0.726. The van der Waals surface area contributed by atoms with Gasteiger partial charge in [-0.15, -0.1) is 0 Å². The summed E-state index contributed by atoms with van der Waals surface area (Å²) in [5.41, 5.74) is 10.3. The first kappa shape index (κ1) is 12.2. The zero-order valence-corrected chi connectivity index (χ0v) is 12.9. The molecule has 0 saturated heterocycles. The second-order valence-corrected chi connectivity index (χ2v) is 6.34. The first-order chi connectivity index (χ1) is 8.65. The normalized spacial score (nSPS) is 14.6. The van der Waals surface area contributed by atoms with E-state index in [-0.39, 0.29) is 0 Å². The van der Waals surface area contributed by atoms with E-state index in [0.717, 1.165) is 38.9 Å². The fraction of sp³-hybridized carbons (Fsp3) is 0.308. The van der Waals surface area contributed by atoms with Crippen molar-refractivity contribution in [1.82, 2.24) is 9.97 Å². The summed E-state index contributed by atoms with van der Waals surface area (Å²) in [5, 5.41) is 0. The zero-order valence-electron chi connectivity index (χ0n) is 9.76. The molecule has 0 unspecified atom stereocenters. The molecule has 3 N–H and O–H groups in total. The van der Waals surface area contributed by atoms with Gasteiger partial charge in [-0.05, 0) is 53.7 Å². The Bertz CT molecular complexity index is 581. The fourth-order valence-electron chi connectivity index (χ4n) is 2.36. The van der Waals surface area contributed by atoms with E-state index in [1.807, 2.05) is 12.1 Å². The van der Waals surface area contributed by atoms with E-state index in [1.165, 1.54) is 24.2 Å². The van der Waals surface area contributed by atoms with Gasteiger partial charge in [0.15, 0.2) is 0 Å². The van der Waals surface area contributed by atoms with Crippen LogP contribution in [-0.4, -0.2) is 9.97 Å². The number of H-pyrrole nitrogens is 1. The molecule has 0 saturated carbocycles. The number of aromatic amines is 1. The molecule has 1 aliphatic rings. The molecule has 0 amide bonds. The SMILES string of the molecule is Nc1c(Br)cc(Br)cc1-c1nc2c([nH]1)CCCC2. The minimum Gasteiger partial charge on any atom is -0.397 e. The van der Waals surface area contributed by atoms with Crippen LogP contribution in [0.25, 0.3) is 11.4 Å². The molecule has 0 atom stereocenters. The summed E-state index contributed by atoms with van der Waals surface area (Å²) >= 11 is 6.96. The third-order valence-corrected chi connectivity index (χ3v) is 4.42. The number of halogens is 2. The maximum atomic E-state index is 6.11. The van der Waals surface area contributed by atoms with Crippen molar-refractivity contribution in [1.29, 1.82) is 0 Å². The fourth-order valence-corrected chi connectivity index (χ4v) is 3.59. The van der Waals surface area contributed by atoms with E-state index in [4.69, 9.17) is 5.73 Å². The highest BCUT2D eigenvalue weighted by atomic mass is 79.9. The van der Waals surface area contributed by atoms with E-state index >= 15 is 0 Å². The molecule has 2 aromatic rings. The molecule has 0 radical (unpaired) electrons. The number of nitrogens with two attached hydrogens (primary N) is 1. The topological polar surface area (TPSA) is 54.7 Å². The van der Waals surface area contributed by atoms with Crippen molar-refractivity contribution >= 4 is 37.5 Å². The Kier molecular flexibility index (Phi) is 3.20. The number of nitrogens with one attached hydrogen (secondary N) is 1. The maximum absolute atomic E-state index is 6.11. The Morgan fingerprint density at radius 1 is 1.17 bits per heavy atom. The highest BCUT2D eigenvalue weighted by molar-refractivity contribution is 9.11. The van der Waals surface area contributed by atoms with Crippen LogP contribution in [0.2, 0.25) is 0 Å². The predicted molar refractivity (Wildman–Crippen MR) is 80.5 cm³/mol. The van der Waals surface area contributed by atoms with Gasteiger partial charge >= 0.3 is 0 Å². The number of aryl methyl sites for hydroxylation is 2. The van der Waals surface area contributed by atoms with Gasteiger partial charge in [-0.3, -0.25) is 0 Å². The summed E-state index contributed by atoms with van der Waals surface area (Å²) in [7, 11) is 0. The Balaban J connectivity index is 2.12. The number of benzene rings is 1. The largest absolute Gasteiger partial charge is 0.397 e. The number of nitrogen functional groups attached to an aromatic ring is 1. The standard InChI is InChI=1S/C13H13Br2N3/c14-7-5-8(12(16)9(15)6-7)13-17-10-3-1-2-4-11(10)18-13/h5-6H,1-4,16H2,(H,17,18). The van der Waals surface area contributed by atoms with E-state index in [1.54, 1.807) is 0 Å². The number of hydrogen-bond donors (Lipinski definition) is 2. The molecule has 18 heavy (non-hydrogen) atoms. The van der Waals surface area contributed by atoms with Crippen LogP contribution in [0.1, 0.15) is 24.2 Å². The number of hydrogen-bond acceptors (Lipinski definition) is 2. The van der Waals surface area contributed by atoms with Crippen LogP contribution in [0.5, 0.6) is 0 Å². The number of aromatic nitrogens is 2. The Morgan fingerprint density at radius 3 is 2.72 bits per heavy atom. The Hall–Kier alpha value is -0.810. The van der Waals surface area contributed by atoms with E-state index < -0.39 is 0 Å². The summed E-state index contributed by atoms with van der Waals surface area (Å²) in [5.74, 6) is 0.876. The molecule has 1 aromatic carbocycles. The number of nitrogens with zero attached hydrogens (tertiary/aromatic N) is 1. The van der Waals surface area contributed by atoms with Crippen molar-refractivity contribution in [2.24, 2.45) is 0 Å². The van der Waals surface area contributed by atoms with Gasteiger partial charge in [0.25, 0.3) is 0 Å². The predicted octanol–water partition coefficient (Wildman–Crippen LogP) is 4.06. The molecule has 0 aliphatic heterocycles. The molecule has 3 nitrogen and oxygen atoms in total. The summed E-state index contributed by atoms with van der Waals surface area (Å²) in [4.78, 5) is 8.10. The number of anilines is 1. The highest BCUT2D eigenvalue weighted by Gasteiger charge is 2.17. The van der Waals surface area contributed by atoms with Gasteiger partial charge in [-0.1, -0.05) is 15.9 Å². The number of imidazole rings is 1. The quantitative estimate of drug-likeness (QED) is 0.743. The van der Waals surface area contributed by atoms with Crippen LogP contribution in [0.3, 0.4) is 0 Å². The summed E-state index contributed by atoms with van der Waals surface area (Å²) in [6.07, 6.45) is 4.64. The van der Waals surface area contributed by atoms with Gasteiger partial charge in [0.05, 0.1) is 11.4 Å². The number of rotatable bonds is 1.